The van der Waals surface area contributed by atoms with Crippen LogP contribution in [0.3, 0.4) is 0 Å². The number of nitrogens with zero attached hydrogens (tertiary/aromatic N) is 2. The van der Waals surface area contributed by atoms with E-state index in [0.717, 1.165) is 29.6 Å². The number of ether oxygens (including phenoxy) is 2. The highest BCUT2D eigenvalue weighted by Crippen LogP contribution is 2.32. The van der Waals surface area contributed by atoms with Gasteiger partial charge in [-0.2, -0.15) is 0 Å². The normalized spacial score (nSPS) is 13.5. The van der Waals surface area contributed by atoms with Gasteiger partial charge in [-0.25, -0.2) is 0 Å². The van der Waals surface area contributed by atoms with E-state index in [1.54, 1.807) is 7.05 Å². The van der Waals surface area contributed by atoms with E-state index in [-0.39, 0.29) is 24.0 Å². The first-order valence-corrected chi connectivity index (χ1v) is 8.78. The molecule has 1 atom stereocenters. The van der Waals surface area contributed by atoms with E-state index in [1.807, 2.05) is 24.3 Å². The number of aliphatic imine (C=N–C) groups is 1. The van der Waals surface area contributed by atoms with E-state index in [4.69, 9.17) is 9.47 Å². The Morgan fingerprint density at radius 2 is 1.85 bits per heavy atom. The second kappa shape index (κ2) is 10.2. The average molecular weight is 482 g/mol. The van der Waals surface area contributed by atoms with Crippen molar-refractivity contribution in [2.75, 3.05) is 32.3 Å². The van der Waals surface area contributed by atoms with Crippen molar-refractivity contribution in [3.63, 3.8) is 0 Å². The van der Waals surface area contributed by atoms with Crippen molar-refractivity contribution in [2.45, 2.75) is 19.5 Å². The maximum Gasteiger partial charge on any atom is 0.231 e. The smallest absolute Gasteiger partial charge is 0.231 e. The Bertz CT molecular complexity index is 755. The van der Waals surface area contributed by atoms with Gasteiger partial charge in [0.2, 0.25) is 6.79 Å². The van der Waals surface area contributed by atoms with Crippen LogP contribution in [0.2, 0.25) is 0 Å². The molecule has 0 bridgehead atoms. The number of rotatable bonds is 6. The van der Waals surface area contributed by atoms with Gasteiger partial charge in [0.25, 0.3) is 0 Å². The lowest BCUT2D eigenvalue weighted by Gasteiger charge is -2.27. The Labute approximate surface area is 178 Å². The summed E-state index contributed by atoms with van der Waals surface area (Å²) in [5.41, 5.74) is 2.32. The molecular weight excluding hydrogens is 455 g/mol. The van der Waals surface area contributed by atoms with Gasteiger partial charge in [-0.05, 0) is 36.8 Å². The molecule has 0 radical (unpaired) electrons. The first kappa shape index (κ1) is 21.1. The monoisotopic (exact) mass is 482 g/mol. The number of halogens is 1. The minimum atomic E-state index is 0. The number of fused-ring (bicyclic) bond motifs is 1. The molecule has 0 saturated heterocycles. The first-order chi connectivity index (χ1) is 12.7. The molecule has 0 amide bonds. The summed E-state index contributed by atoms with van der Waals surface area (Å²) >= 11 is 0. The Morgan fingerprint density at radius 1 is 1.11 bits per heavy atom. The van der Waals surface area contributed by atoms with Crippen molar-refractivity contribution >= 4 is 35.6 Å². The lowest BCUT2D eigenvalue weighted by molar-refractivity contribution is 0.174. The van der Waals surface area contributed by atoms with Crippen LogP contribution in [0.5, 0.6) is 11.5 Å². The van der Waals surface area contributed by atoms with Crippen LogP contribution in [0.25, 0.3) is 0 Å². The van der Waals surface area contributed by atoms with Crippen LogP contribution in [-0.4, -0.2) is 39.4 Å². The molecule has 1 aliphatic heterocycles. The lowest BCUT2D eigenvalue weighted by Crippen LogP contribution is -2.44. The predicted molar refractivity (Wildman–Crippen MR) is 120 cm³/mol. The molecule has 0 saturated carbocycles. The predicted octanol–water partition coefficient (Wildman–Crippen LogP) is 3.22. The molecule has 7 heteroatoms. The molecule has 27 heavy (non-hydrogen) atoms. The molecule has 2 aromatic carbocycles. The quantitative estimate of drug-likeness (QED) is 0.376. The van der Waals surface area contributed by atoms with Gasteiger partial charge in [0.1, 0.15) is 0 Å². The fraction of sp³-hybridized carbons (Fsp3) is 0.350. The van der Waals surface area contributed by atoms with Gasteiger partial charge in [0.05, 0.1) is 0 Å². The van der Waals surface area contributed by atoms with Crippen molar-refractivity contribution < 1.29 is 9.47 Å². The maximum atomic E-state index is 5.42. The van der Waals surface area contributed by atoms with Crippen molar-refractivity contribution in [3.05, 3.63) is 54.1 Å². The van der Waals surface area contributed by atoms with Crippen molar-refractivity contribution in [3.8, 4) is 11.5 Å². The minimum Gasteiger partial charge on any atom is -0.454 e. The molecule has 2 N–H and O–H groups in total. The number of guanidine groups is 1. The highest BCUT2D eigenvalue weighted by Gasteiger charge is 2.14. The summed E-state index contributed by atoms with van der Waals surface area (Å²) < 4.78 is 10.8. The molecule has 2 aromatic rings. The Kier molecular flexibility index (Phi) is 8.02. The van der Waals surface area contributed by atoms with Crippen LogP contribution in [-0.2, 0) is 6.54 Å². The summed E-state index contributed by atoms with van der Waals surface area (Å²) in [4.78, 5) is 6.55. The summed E-state index contributed by atoms with van der Waals surface area (Å²) in [5.74, 6) is 2.37. The minimum absolute atomic E-state index is 0. The van der Waals surface area contributed by atoms with Gasteiger partial charge in [-0.3, -0.25) is 4.99 Å². The number of likely N-dealkylation sites (N-methyl/N-ethyl adjacent to an activating group) is 1. The fourth-order valence-electron chi connectivity index (χ4n) is 2.76. The summed E-state index contributed by atoms with van der Waals surface area (Å²) in [7, 11) is 3.88. The summed E-state index contributed by atoms with van der Waals surface area (Å²) in [6, 6.07) is 16.6. The van der Waals surface area contributed by atoms with Gasteiger partial charge >= 0.3 is 0 Å². The summed E-state index contributed by atoms with van der Waals surface area (Å²) in [6.45, 7) is 3.93. The third-order valence-corrected chi connectivity index (χ3v) is 4.51. The van der Waals surface area contributed by atoms with Crippen LogP contribution in [0.1, 0.15) is 12.5 Å². The molecule has 1 heterocycles. The number of nitrogens with one attached hydrogen (secondary N) is 2. The third-order valence-electron chi connectivity index (χ3n) is 4.51. The van der Waals surface area contributed by atoms with E-state index < -0.39 is 0 Å². The highest BCUT2D eigenvalue weighted by atomic mass is 127. The van der Waals surface area contributed by atoms with Gasteiger partial charge in [-0.1, -0.05) is 24.3 Å². The number of anilines is 1. The molecule has 146 valence electrons. The molecule has 3 rings (SSSR count). The molecular formula is C20H27IN4O2. The molecule has 1 aliphatic rings. The first-order valence-electron chi connectivity index (χ1n) is 8.78. The Hall–Kier alpha value is -2.16. The second-order valence-electron chi connectivity index (χ2n) is 6.29. The van der Waals surface area contributed by atoms with Crippen molar-refractivity contribution in [2.24, 2.45) is 4.99 Å². The number of para-hydroxylation sites is 1. The van der Waals surface area contributed by atoms with Crippen molar-refractivity contribution in [1.29, 1.82) is 0 Å². The van der Waals surface area contributed by atoms with Gasteiger partial charge in [0.15, 0.2) is 17.5 Å². The largest absolute Gasteiger partial charge is 0.454 e. The van der Waals surface area contributed by atoms with E-state index in [2.05, 4.69) is 58.8 Å². The molecule has 6 nitrogen and oxygen atoms in total. The maximum absolute atomic E-state index is 5.42. The van der Waals surface area contributed by atoms with E-state index >= 15 is 0 Å². The zero-order chi connectivity index (χ0) is 18.4. The lowest BCUT2D eigenvalue weighted by atomic mass is 10.2. The van der Waals surface area contributed by atoms with Crippen molar-refractivity contribution in [1.82, 2.24) is 10.6 Å². The molecule has 0 fully saturated rings. The van der Waals surface area contributed by atoms with Crippen LogP contribution in [0.15, 0.2) is 53.5 Å². The fourth-order valence-corrected chi connectivity index (χ4v) is 2.76. The zero-order valence-corrected chi connectivity index (χ0v) is 18.3. The SMILES string of the molecule is CN=C(NCc1ccc2c(c1)OCO2)NCC(C)N(C)c1ccccc1.I. The molecule has 1 unspecified atom stereocenters. The number of benzene rings is 2. The number of hydrogen-bond acceptors (Lipinski definition) is 4. The Balaban J connectivity index is 0.00000261. The topological polar surface area (TPSA) is 58.1 Å². The Morgan fingerprint density at radius 3 is 2.59 bits per heavy atom. The van der Waals surface area contributed by atoms with Gasteiger partial charge in [0, 0.05) is 38.9 Å². The summed E-state index contributed by atoms with van der Waals surface area (Å²) in [5, 5.41) is 6.72. The van der Waals surface area contributed by atoms with Crippen LogP contribution in [0.4, 0.5) is 5.69 Å². The number of hydrogen-bond donors (Lipinski definition) is 2. The van der Waals surface area contributed by atoms with E-state index in [0.29, 0.717) is 19.4 Å². The van der Waals surface area contributed by atoms with Crippen LogP contribution in [0, 0.1) is 0 Å². The van der Waals surface area contributed by atoms with E-state index in [9.17, 15) is 0 Å². The van der Waals surface area contributed by atoms with E-state index in [1.165, 1.54) is 5.69 Å². The summed E-state index contributed by atoms with van der Waals surface area (Å²) in [6.07, 6.45) is 0. The van der Waals surface area contributed by atoms with Gasteiger partial charge in [-0.15, -0.1) is 24.0 Å². The second-order valence-corrected chi connectivity index (χ2v) is 6.29. The average Bonchev–Trinajstić information content (AvgIpc) is 3.15. The standard InChI is InChI=1S/C20H26N4O2.HI/c1-15(24(3)17-7-5-4-6-8-17)12-22-20(21-2)23-13-16-9-10-18-19(11-16)26-14-25-18;/h4-11,15H,12-14H2,1-3H3,(H2,21,22,23);1H. The highest BCUT2D eigenvalue weighted by molar-refractivity contribution is 14.0. The molecule has 0 spiro atoms. The third kappa shape index (κ3) is 5.66. The molecule has 0 aromatic heterocycles. The van der Waals surface area contributed by atoms with Crippen LogP contribution < -0.4 is 25.0 Å². The van der Waals surface area contributed by atoms with Crippen LogP contribution >= 0.6 is 24.0 Å². The molecule has 0 aliphatic carbocycles. The van der Waals surface area contributed by atoms with Gasteiger partial charge < -0.3 is 25.0 Å². The zero-order valence-electron chi connectivity index (χ0n) is 15.9.